The average molecular weight is 438 g/mol. The Bertz CT molecular complexity index is 1110. The molecule has 0 saturated carbocycles. The van der Waals surface area contributed by atoms with Gasteiger partial charge < -0.3 is 5.32 Å². The van der Waals surface area contributed by atoms with Crippen LogP contribution in [-0.4, -0.2) is 50.1 Å². The van der Waals surface area contributed by atoms with Gasteiger partial charge in [-0.1, -0.05) is 18.2 Å². The molecule has 1 fully saturated rings. The van der Waals surface area contributed by atoms with Crippen molar-refractivity contribution in [3.05, 3.63) is 81.7 Å². The van der Waals surface area contributed by atoms with Gasteiger partial charge in [-0.15, -0.1) is 0 Å². The highest BCUT2D eigenvalue weighted by atomic mass is 32.2. The number of thioether (sulfide) groups is 1. The molecule has 1 aliphatic rings. The molecule has 0 unspecified atom stereocenters. The first-order valence-corrected chi connectivity index (χ1v) is 11.2. The lowest BCUT2D eigenvalue weighted by molar-refractivity contribution is -0.384. The molecule has 8 nitrogen and oxygen atoms in total. The van der Waals surface area contributed by atoms with Crippen molar-refractivity contribution in [2.24, 2.45) is 0 Å². The van der Waals surface area contributed by atoms with Crippen LogP contribution in [0.4, 0.5) is 11.4 Å². The molecule has 0 bridgehead atoms. The lowest BCUT2D eigenvalue weighted by atomic mass is 10.1. The van der Waals surface area contributed by atoms with Crippen LogP contribution in [0.25, 0.3) is 5.69 Å². The van der Waals surface area contributed by atoms with E-state index in [1.54, 1.807) is 24.4 Å². The maximum absolute atomic E-state index is 12.8. The molecule has 0 atom stereocenters. The molecule has 1 amide bonds. The lowest BCUT2D eigenvalue weighted by Gasteiger charge is -2.27. The van der Waals surface area contributed by atoms with Crippen LogP contribution in [0.2, 0.25) is 0 Å². The van der Waals surface area contributed by atoms with E-state index in [4.69, 9.17) is 0 Å². The fourth-order valence-corrected chi connectivity index (χ4v) is 4.49. The third kappa shape index (κ3) is 4.95. The third-order valence-corrected chi connectivity index (χ3v) is 6.26. The van der Waals surface area contributed by atoms with Gasteiger partial charge in [-0.05, 0) is 36.2 Å². The first-order valence-electron chi connectivity index (χ1n) is 10.0. The minimum atomic E-state index is -0.459. The van der Waals surface area contributed by atoms with E-state index in [0.29, 0.717) is 5.69 Å². The molecule has 1 aromatic heterocycles. The zero-order valence-corrected chi connectivity index (χ0v) is 18.0. The van der Waals surface area contributed by atoms with Crippen molar-refractivity contribution >= 4 is 29.0 Å². The topological polar surface area (TPSA) is 93.3 Å². The van der Waals surface area contributed by atoms with E-state index in [9.17, 15) is 14.9 Å². The Morgan fingerprint density at radius 3 is 2.74 bits per heavy atom. The molecular weight excluding hydrogens is 414 g/mol. The second-order valence-corrected chi connectivity index (χ2v) is 8.58. The molecule has 2 aromatic carbocycles. The Hall–Kier alpha value is -3.17. The number of carbonyl (C=O) groups excluding carboxylic acids is 1. The highest BCUT2D eigenvalue weighted by Crippen LogP contribution is 2.23. The maximum atomic E-state index is 12.8. The number of hydrogen-bond acceptors (Lipinski definition) is 6. The van der Waals surface area contributed by atoms with Crippen molar-refractivity contribution in [3.8, 4) is 5.69 Å². The minimum absolute atomic E-state index is 0.0289. The molecule has 1 aliphatic heterocycles. The van der Waals surface area contributed by atoms with E-state index in [2.05, 4.69) is 21.4 Å². The number of carbonyl (C=O) groups is 1. The van der Waals surface area contributed by atoms with E-state index >= 15 is 0 Å². The van der Waals surface area contributed by atoms with Crippen molar-refractivity contribution in [2.75, 3.05) is 29.9 Å². The van der Waals surface area contributed by atoms with Crippen LogP contribution in [-0.2, 0) is 6.54 Å². The third-order valence-electron chi connectivity index (χ3n) is 5.32. The second-order valence-electron chi connectivity index (χ2n) is 7.35. The summed E-state index contributed by atoms with van der Waals surface area (Å²) in [6.07, 6.45) is 1.62. The van der Waals surface area contributed by atoms with Gasteiger partial charge in [0.15, 0.2) is 5.69 Å². The van der Waals surface area contributed by atoms with Crippen LogP contribution in [0.3, 0.4) is 0 Å². The number of rotatable bonds is 6. The molecule has 2 heterocycles. The fourth-order valence-electron chi connectivity index (χ4n) is 3.51. The Morgan fingerprint density at radius 1 is 1.19 bits per heavy atom. The van der Waals surface area contributed by atoms with Gasteiger partial charge in [0.2, 0.25) is 0 Å². The van der Waals surface area contributed by atoms with Gasteiger partial charge in [-0.3, -0.25) is 19.8 Å². The smallest absolute Gasteiger partial charge is 0.276 e. The highest BCUT2D eigenvalue weighted by molar-refractivity contribution is 7.99. The molecule has 3 aromatic rings. The summed E-state index contributed by atoms with van der Waals surface area (Å²) in [7, 11) is 0. The summed E-state index contributed by atoms with van der Waals surface area (Å²) >= 11 is 1.98. The maximum Gasteiger partial charge on any atom is 0.276 e. The van der Waals surface area contributed by atoms with Crippen molar-refractivity contribution < 1.29 is 9.72 Å². The number of non-ortho nitro benzene ring substituents is 1. The van der Waals surface area contributed by atoms with Crippen LogP contribution in [0.5, 0.6) is 0 Å². The normalized spacial score (nSPS) is 14.4. The molecule has 0 spiro atoms. The van der Waals surface area contributed by atoms with Crippen molar-refractivity contribution in [3.63, 3.8) is 0 Å². The Labute approximate surface area is 184 Å². The molecule has 160 valence electrons. The van der Waals surface area contributed by atoms with Gasteiger partial charge in [0.25, 0.3) is 11.6 Å². The van der Waals surface area contributed by atoms with E-state index in [-0.39, 0.29) is 17.3 Å². The van der Waals surface area contributed by atoms with Crippen LogP contribution >= 0.6 is 11.8 Å². The predicted molar refractivity (Wildman–Crippen MR) is 122 cm³/mol. The molecule has 0 aliphatic carbocycles. The summed E-state index contributed by atoms with van der Waals surface area (Å²) in [4.78, 5) is 25.7. The summed E-state index contributed by atoms with van der Waals surface area (Å²) in [5, 5.41) is 18.2. The molecule has 1 saturated heterocycles. The second kappa shape index (κ2) is 9.32. The molecule has 31 heavy (non-hydrogen) atoms. The van der Waals surface area contributed by atoms with Crippen LogP contribution in [0, 0.1) is 17.0 Å². The van der Waals surface area contributed by atoms with Crippen LogP contribution in [0.1, 0.15) is 21.6 Å². The van der Waals surface area contributed by atoms with Gasteiger partial charge in [-0.2, -0.15) is 16.9 Å². The number of benzene rings is 2. The van der Waals surface area contributed by atoms with Gasteiger partial charge in [-0.25, -0.2) is 4.68 Å². The number of amides is 1. The SMILES string of the molecule is Cc1c(CN2CCSCC2)cccc1NC(=O)c1ccn(-c2cccc([N+](=O)[O-])c2)n1. The zero-order valence-electron chi connectivity index (χ0n) is 17.2. The summed E-state index contributed by atoms with van der Waals surface area (Å²) in [6, 6.07) is 13.7. The van der Waals surface area contributed by atoms with Crippen molar-refractivity contribution in [1.29, 1.82) is 0 Å². The molecule has 0 radical (unpaired) electrons. The summed E-state index contributed by atoms with van der Waals surface area (Å²) in [5.41, 5.74) is 3.74. The number of nitro benzene ring substituents is 1. The van der Waals surface area contributed by atoms with Gasteiger partial charge >= 0.3 is 0 Å². The van der Waals surface area contributed by atoms with Crippen LogP contribution in [0.15, 0.2) is 54.7 Å². The number of nitrogens with zero attached hydrogens (tertiary/aromatic N) is 4. The van der Waals surface area contributed by atoms with Gasteiger partial charge in [0.1, 0.15) is 0 Å². The first kappa shape index (κ1) is 21.1. The average Bonchev–Trinajstić information content (AvgIpc) is 3.28. The molecule has 1 N–H and O–H groups in total. The van der Waals surface area contributed by atoms with Gasteiger partial charge in [0.05, 0.1) is 10.6 Å². The predicted octanol–water partition coefficient (Wildman–Crippen LogP) is 3.89. The number of aromatic nitrogens is 2. The van der Waals surface area contributed by atoms with Crippen molar-refractivity contribution in [2.45, 2.75) is 13.5 Å². The molecule has 4 rings (SSSR count). The van der Waals surface area contributed by atoms with E-state index < -0.39 is 4.92 Å². The summed E-state index contributed by atoms with van der Waals surface area (Å²) in [6.45, 7) is 5.05. The minimum Gasteiger partial charge on any atom is -0.320 e. The van der Waals surface area contributed by atoms with E-state index in [0.717, 1.165) is 42.4 Å². The number of anilines is 1. The van der Waals surface area contributed by atoms with E-state index in [1.807, 2.05) is 30.8 Å². The Balaban J connectivity index is 1.48. The molecular formula is C22H23N5O3S. The fraction of sp³-hybridized carbons (Fsp3) is 0.273. The summed E-state index contributed by atoms with van der Waals surface area (Å²) in [5.74, 6) is 1.99. The lowest BCUT2D eigenvalue weighted by Crippen LogP contribution is -2.32. The quantitative estimate of drug-likeness (QED) is 0.465. The highest BCUT2D eigenvalue weighted by Gasteiger charge is 2.16. The standard InChI is InChI=1S/C22H23N5O3S/c1-16-17(15-25-10-12-31-13-11-25)4-2-7-20(16)23-22(28)21-8-9-26(24-21)18-5-3-6-19(14-18)27(29)30/h2-9,14H,10-13,15H2,1H3,(H,23,28). The monoisotopic (exact) mass is 437 g/mol. The number of nitro groups is 1. The van der Waals surface area contributed by atoms with Gasteiger partial charge in [0, 0.05) is 55.2 Å². The molecule has 9 heteroatoms. The first-order chi connectivity index (χ1) is 15.0. The van der Waals surface area contributed by atoms with Crippen molar-refractivity contribution in [1.82, 2.24) is 14.7 Å². The van der Waals surface area contributed by atoms with Crippen LogP contribution < -0.4 is 5.32 Å². The van der Waals surface area contributed by atoms with E-state index in [1.165, 1.54) is 22.4 Å². The number of hydrogen-bond donors (Lipinski definition) is 1. The zero-order chi connectivity index (χ0) is 21.8. The summed E-state index contributed by atoms with van der Waals surface area (Å²) < 4.78 is 1.46. The Kier molecular flexibility index (Phi) is 6.34. The number of nitrogens with one attached hydrogen (secondary N) is 1. The Morgan fingerprint density at radius 2 is 1.97 bits per heavy atom. The largest absolute Gasteiger partial charge is 0.320 e.